The molecule has 5 N–H and O–H groups in total. The molecule has 0 fully saturated rings. The van der Waals surface area contributed by atoms with Gasteiger partial charge in [-0.3, -0.25) is 25.2 Å². The quantitative estimate of drug-likeness (QED) is 0.204. The molecular formula is C24H29N7O7S2. The second-order valence-electron chi connectivity index (χ2n) is 8.42. The standard InChI is InChI=1S/C24H29N7O7S2/c1-3-38-24(35)30-11-8-18-19(14-30)39-23(20(18)22(34)29-28-15(2)32)27-21(33)16-4-6-17(7-5-16)40(36,37)31(12-9-25)13-10-26/h4-7,9-10,25-26H,3,8,11-14H2,1-2H3,(H,27,33)(H,28,32)(H,29,34). The summed E-state index contributed by atoms with van der Waals surface area (Å²) < 4.78 is 31.7. The topological polar surface area (TPSA) is 202 Å². The molecule has 2 aromatic rings. The van der Waals surface area contributed by atoms with Crippen molar-refractivity contribution in [1.82, 2.24) is 20.1 Å². The second-order valence-corrected chi connectivity index (χ2v) is 11.5. The maximum absolute atomic E-state index is 13.1. The largest absolute Gasteiger partial charge is 0.450 e. The number of nitrogens with one attached hydrogen (secondary N) is 5. The van der Waals surface area contributed by atoms with Gasteiger partial charge in [-0.15, -0.1) is 11.3 Å². The molecule has 0 spiro atoms. The molecule has 1 aliphatic heterocycles. The lowest BCUT2D eigenvalue weighted by molar-refractivity contribution is -0.119. The van der Waals surface area contributed by atoms with Crippen LogP contribution < -0.4 is 16.2 Å². The minimum Gasteiger partial charge on any atom is -0.450 e. The number of carbonyl (C=O) groups is 4. The summed E-state index contributed by atoms with van der Waals surface area (Å²) in [6.07, 6.45) is 1.65. The zero-order chi connectivity index (χ0) is 29.4. The van der Waals surface area contributed by atoms with Gasteiger partial charge in [-0.05, 0) is 43.2 Å². The SMILES string of the molecule is CCOC(=O)N1CCc2c(sc(NC(=O)c3ccc(S(=O)(=O)N(CC=N)CC=N)cc3)c2C(=O)NNC(C)=O)C1. The molecule has 3 rings (SSSR count). The van der Waals surface area contributed by atoms with E-state index in [1.54, 1.807) is 6.92 Å². The molecule has 0 saturated heterocycles. The van der Waals surface area contributed by atoms with Crippen LogP contribution in [-0.4, -0.2) is 80.1 Å². The fourth-order valence-electron chi connectivity index (χ4n) is 3.89. The molecule has 2 heterocycles. The predicted octanol–water partition coefficient (Wildman–Crippen LogP) is 1.59. The van der Waals surface area contributed by atoms with Crippen LogP contribution in [0.25, 0.3) is 0 Å². The summed E-state index contributed by atoms with van der Waals surface area (Å²) in [6.45, 7) is 3.17. The first-order valence-corrected chi connectivity index (χ1v) is 14.3. The van der Waals surface area contributed by atoms with Crippen molar-refractivity contribution in [2.24, 2.45) is 0 Å². The zero-order valence-electron chi connectivity index (χ0n) is 21.8. The highest BCUT2D eigenvalue weighted by Gasteiger charge is 2.31. The van der Waals surface area contributed by atoms with Gasteiger partial charge in [0, 0.05) is 49.4 Å². The van der Waals surface area contributed by atoms with Crippen LogP contribution in [0.4, 0.5) is 9.80 Å². The molecule has 0 saturated carbocycles. The minimum atomic E-state index is -4.01. The third-order valence-electron chi connectivity index (χ3n) is 5.73. The smallest absolute Gasteiger partial charge is 0.410 e. The Morgan fingerprint density at radius 3 is 2.30 bits per heavy atom. The van der Waals surface area contributed by atoms with Crippen LogP contribution in [0.2, 0.25) is 0 Å². The molecule has 214 valence electrons. The molecule has 40 heavy (non-hydrogen) atoms. The van der Waals surface area contributed by atoms with E-state index in [0.717, 1.165) is 28.1 Å². The summed E-state index contributed by atoms with van der Waals surface area (Å²) >= 11 is 1.11. The minimum absolute atomic E-state index is 0.109. The van der Waals surface area contributed by atoms with Gasteiger partial charge in [0.05, 0.1) is 23.6 Å². The predicted molar refractivity (Wildman–Crippen MR) is 147 cm³/mol. The third kappa shape index (κ3) is 6.88. The Morgan fingerprint density at radius 1 is 1.07 bits per heavy atom. The maximum Gasteiger partial charge on any atom is 0.410 e. The fraction of sp³-hybridized carbons (Fsp3) is 0.333. The molecule has 14 nitrogen and oxygen atoms in total. The van der Waals surface area contributed by atoms with Crippen LogP contribution >= 0.6 is 11.3 Å². The van der Waals surface area contributed by atoms with Crippen molar-refractivity contribution < 1.29 is 32.3 Å². The van der Waals surface area contributed by atoms with E-state index >= 15 is 0 Å². The summed E-state index contributed by atoms with van der Waals surface area (Å²) in [6, 6.07) is 5.10. The maximum atomic E-state index is 13.1. The molecule has 4 amide bonds. The van der Waals surface area contributed by atoms with Gasteiger partial charge in [0.1, 0.15) is 5.00 Å². The first kappa shape index (κ1) is 30.4. The van der Waals surface area contributed by atoms with E-state index in [9.17, 15) is 27.6 Å². The van der Waals surface area contributed by atoms with E-state index < -0.39 is 33.8 Å². The lowest BCUT2D eigenvalue weighted by Crippen LogP contribution is -2.41. The van der Waals surface area contributed by atoms with Gasteiger partial charge >= 0.3 is 6.09 Å². The normalized spacial score (nSPS) is 12.7. The number of sulfonamides is 1. The second kappa shape index (κ2) is 13.3. The zero-order valence-corrected chi connectivity index (χ0v) is 23.4. The Labute approximate surface area is 234 Å². The molecular weight excluding hydrogens is 562 g/mol. The van der Waals surface area contributed by atoms with E-state index in [-0.39, 0.29) is 47.3 Å². The number of anilines is 1. The number of fused-ring (bicyclic) bond motifs is 1. The number of hydrogen-bond donors (Lipinski definition) is 5. The van der Waals surface area contributed by atoms with E-state index in [2.05, 4.69) is 16.2 Å². The summed E-state index contributed by atoms with van der Waals surface area (Å²) in [5, 5.41) is 17.3. The van der Waals surface area contributed by atoms with Crippen molar-refractivity contribution in [1.29, 1.82) is 10.8 Å². The van der Waals surface area contributed by atoms with Crippen molar-refractivity contribution in [2.75, 3.05) is 31.6 Å². The Hall–Kier alpha value is -4.15. The van der Waals surface area contributed by atoms with E-state index in [1.165, 1.54) is 36.1 Å². The molecule has 0 aliphatic carbocycles. The summed E-state index contributed by atoms with van der Waals surface area (Å²) in [5.41, 5.74) is 5.42. The highest BCUT2D eigenvalue weighted by Crippen LogP contribution is 2.37. The van der Waals surface area contributed by atoms with Gasteiger partial charge in [0.15, 0.2) is 0 Å². The van der Waals surface area contributed by atoms with Crippen LogP contribution in [0.3, 0.4) is 0 Å². The average Bonchev–Trinajstić information content (AvgIpc) is 3.28. The average molecular weight is 592 g/mol. The van der Waals surface area contributed by atoms with Crippen LogP contribution in [0.5, 0.6) is 0 Å². The Balaban J connectivity index is 1.88. The highest BCUT2D eigenvalue weighted by molar-refractivity contribution is 7.89. The summed E-state index contributed by atoms with van der Waals surface area (Å²) in [7, 11) is -4.01. The number of hydrazine groups is 1. The monoisotopic (exact) mass is 591 g/mol. The van der Waals surface area contributed by atoms with E-state index in [0.29, 0.717) is 23.4 Å². The van der Waals surface area contributed by atoms with Crippen molar-refractivity contribution in [3.8, 4) is 0 Å². The van der Waals surface area contributed by atoms with Crippen LogP contribution in [0, 0.1) is 10.8 Å². The fourth-order valence-corrected chi connectivity index (χ4v) is 6.46. The molecule has 1 aromatic carbocycles. The number of rotatable bonds is 10. The first-order valence-electron chi connectivity index (χ1n) is 12.1. The van der Waals surface area contributed by atoms with Crippen molar-refractivity contribution in [2.45, 2.75) is 31.7 Å². The van der Waals surface area contributed by atoms with Gasteiger partial charge in [-0.2, -0.15) is 4.31 Å². The number of thiophene rings is 1. The molecule has 0 bridgehead atoms. The summed E-state index contributed by atoms with van der Waals surface area (Å²) in [5.74, 6) is -1.76. The number of hydrogen-bond acceptors (Lipinski definition) is 10. The lowest BCUT2D eigenvalue weighted by atomic mass is 10.0. The van der Waals surface area contributed by atoms with Gasteiger partial charge < -0.3 is 25.8 Å². The molecule has 1 aromatic heterocycles. The lowest BCUT2D eigenvalue weighted by Gasteiger charge is -2.26. The third-order valence-corrected chi connectivity index (χ3v) is 8.71. The molecule has 0 unspecified atom stereocenters. The Kier molecular flexibility index (Phi) is 10.1. The number of ether oxygens (including phenoxy) is 1. The van der Waals surface area contributed by atoms with Crippen molar-refractivity contribution in [3.05, 3.63) is 45.8 Å². The number of benzene rings is 1. The van der Waals surface area contributed by atoms with Gasteiger partial charge in [0.2, 0.25) is 15.9 Å². The molecule has 16 heteroatoms. The Morgan fingerprint density at radius 2 is 1.73 bits per heavy atom. The van der Waals surface area contributed by atoms with Crippen LogP contribution in [0.15, 0.2) is 29.2 Å². The van der Waals surface area contributed by atoms with Crippen molar-refractivity contribution >= 4 is 62.6 Å². The highest BCUT2D eigenvalue weighted by atomic mass is 32.2. The van der Waals surface area contributed by atoms with Gasteiger partial charge in [-0.1, -0.05) is 0 Å². The van der Waals surface area contributed by atoms with Crippen LogP contribution in [0.1, 0.15) is 45.0 Å². The van der Waals surface area contributed by atoms with Crippen LogP contribution in [-0.2, 0) is 32.5 Å². The summed E-state index contributed by atoms with van der Waals surface area (Å²) in [4.78, 5) is 51.7. The first-order chi connectivity index (χ1) is 19.0. The number of amides is 4. The molecule has 1 aliphatic rings. The number of nitrogens with zero attached hydrogens (tertiary/aromatic N) is 2. The molecule has 0 atom stereocenters. The van der Waals surface area contributed by atoms with E-state index in [1.807, 2.05) is 0 Å². The molecule has 0 radical (unpaired) electrons. The van der Waals surface area contributed by atoms with Gasteiger partial charge in [0.25, 0.3) is 11.8 Å². The Bertz CT molecular complexity index is 1410. The van der Waals surface area contributed by atoms with Crippen molar-refractivity contribution in [3.63, 3.8) is 0 Å². The van der Waals surface area contributed by atoms with Gasteiger partial charge in [-0.25, -0.2) is 13.2 Å². The van der Waals surface area contributed by atoms with E-state index in [4.69, 9.17) is 15.6 Å². The number of carbonyl (C=O) groups excluding carboxylic acids is 4.